The van der Waals surface area contributed by atoms with E-state index in [0.717, 1.165) is 11.3 Å². The highest BCUT2D eigenvalue weighted by molar-refractivity contribution is 5.69. The molecule has 3 heterocycles. The molecule has 0 spiro atoms. The SMILES string of the molecule is NNc1cc(-c2ccccc2)nc2cc(-c3ccco3)nn12. The Balaban J connectivity index is 1.92. The van der Waals surface area contributed by atoms with Gasteiger partial charge in [-0.3, -0.25) is 0 Å². The minimum absolute atomic E-state index is 0.654. The van der Waals surface area contributed by atoms with E-state index in [-0.39, 0.29) is 0 Å². The maximum atomic E-state index is 5.63. The van der Waals surface area contributed by atoms with Crippen molar-refractivity contribution >= 4 is 11.5 Å². The predicted molar refractivity (Wildman–Crippen MR) is 83.9 cm³/mol. The van der Waals surface area contributed by atoms with Crippen molar-refractivity contribution in [3.05, 3.63) is 60.9 Å². The molecule has 1 aromatic carbocycles. The molecule has 3 N–H and O–H groups in total. The molecule has 3 aromatic heterocycles. The Labute approximate surface area is 126 Å². The fourth-order valence-corrected chi connectivity index (χ4v) is 2.38. The quantitative estimate of drug-likeness (QED) is 0.448. The van der Waals surface area contributed by atoms with E-state index < -0.39 is 0 Å². The Morgan fingerprint density at radius 1 is 1.00 bits per heavy atom. The molecule has 6 nitrogen and oxygen atoms in total. The highest BCUT2D eigenvalue weighted by atomic mass is 16.3. The molecule has 0 radical (unpaired) electrons. The van der Waals surface area contributed by atoms with E-state index in [4.69, 9.17) is 10.3 Å². The van der Waals surface area contributed by atoms with Gasteiger partial charge in [-0.05, 0) is 12.1 Å². The Morgan fingerprint density at radius 3 is 2.59 bits per heavy atom. The number of nitrogens with zero attached hydrogens (tertiary/aromatic N) is 3. The van der Waals surface area contributed by atoms with Gasteiger partial charge < -0.3 is 9.84 Å². The molecule has 0 amide bonds. The fourth-order valence-electron chi connectivity index (χ4n) is 2.38. The molecular formula is C16H13N5O. The molecule has 0 atom stereocenters. The number of hydrazine groups is 1. The van der Waals surface area contributed by atoms with Crippen LogP contribution in [-0.4, -0.2) is 14.6 Å². The molecule has 0 aliphatic carbocycles. The zero-order valence-electron chi connectivity index (χ0n) is 11.6. The Morgan fingerprint density at radius 2 is 1.86 bits per heavy atom. The van der Waals surface area contributed by atoms with E-state index in [1.807, 2.05) is 54.6 Å². The van der Waals surface area contributed by atoms with E-state index in [1.54, 1.807) is 10.8 Å². The van der Waals surface area contributed by atoms with Gasteiger partial charge in [0, 0.05) is 17.7 Å². The number of hydrogen-bond acceptors (Lipinski definition) is 5. The van der Waals surface area contributed by atoms with Gasteiger partial charge in [-0.2, -0.15) is 9.61 Å². The molecule has 6 heteroatoms. The molecule has 0 saturated carbocycles. The van der Waals surface area contributed by atoms with E-state index in [9.17, 15) is 0 Å². The molecule has 108 valence electrons. The van der Waals surface area contributed by atoms with Crippen LogP contribution in [0.15, 0.2) is 65.3 Å². The number of nitrogens with one attached hydrogen (secondary N) is 1. The summed E-state index contributed by atoms with van der Waals surface area (Å²) in [5.41, 5.74) is 5.91. The maximum absolute atomic E-state index is 5.63. The van der Waals surface area contributed by atoms with E-state index in [0.29, 0.717) is 22.9 Å². The summed E-state index contributed by atoms with van der Waals surface area (Å²) >= 11 is 0. The highest BCUT2D eigenvalue weighted by Crippen LogP contribution is 2.25. The summed E-state index contributed by atoms with van der Waals surface area (Å²) in [4.78, 5) is 4.65. The first-order valence-electron chi connectivity index (χ1n) is 6.82. The molecule has 0 bridgehead atoms. The molecule has 4 aromatic rings. The highest BCUT2D eigenvalue weighted by Gasteiger charge is 2.12. The normalized spacial score (nSPS) is 11.0. The van der Waals surface area contributed by atoms with Crippen LogP contribution in [0, 0.1) is 0 Å². The van der Waals surface area contributed by atoms with Crippen molar-refractivity contribution in [3.8, 4) is 22.7 Å². The first kappa shape index (κ1) is 12.6. The third-order valence-corrected chi connectivity index (χ3v) is 3.42. The van der Waals surface area contributed by atoms with Gasteiger partial charge in [0.15, 0.2) is 11.4 Å². The van der Waals surface area contributed by atoms with Crippen LogP contribution in [0.5, 0.6) is 0 Å². The van der Waals surface area contributed by atoms with Crippen molar-refractivity contribution in [2.45, 2.75) is 0 Å². The third kappa shape index (κ3) is 2.02. The van der Waals surface area contributed by atoms with Crippen LogP contribution in [0.2, 0.25) is 0 Å². The number of nitrogens with two attached hydrogens (primary N) is 1. The lowest BCUT2D eigenvalue weighted by atomic mass is 10.1. The van der Waals surface area contributed by atoms with Gasteiger partial charge in [-0.1, -0.05) is 30.3 Å². The summed E-state index contributed by atoms with van der Waals surface area (Å²) in [7, 11) is 0. The average Bonchev–Trinajstić information content (AvgIpc) is 3.23. The molecule has 0 fully saturated rings. The first-order chi connectivity index (χ1) is 10.8. The van der Waals surface area contributed by atoms with Gasteiger partial charge >= 0.3 is 0 Å². The Kier molecular flexibility index (Phi) is 2.87. The number of fused-ring (bicyclic) bond motifs is 1. The summed E-state index contributed by atoms with van der Waals surface area (Å²) in [6.07, 6.45) is 1.62. The number of hydrogen-bond donors (Lipinski definition) is 2. The minimum atomic E-state index is 0.654. The van der Waals surface area contributed by atoms with Crippen molar-refractivity contribution in [1.82, 2.24) is 14.6 Å². The van der Waals surface area contributed by atoms with Crippen LogP contribution < -0.4 is 11.3 Å². The summed E-state index contributed by atoms with van der Waals surface area (Å²) in [6, 6.07) is 17.3. The lowest BCUT2D eigenvalue weighted by Gasteiger charge is -2.07. The zero-order valence-corrected chi connectivity index (χ0v) is 11.6. The second kappa shape index (κ2) is 5.01. The second-order valence-electron chi connectivity index (χ2n) is 4.81. The van der Waals surface area contributed by atoms with Crippen LogP contribution in [0.3, 0.4) is 0 Å². The van der Waals surface area contributed by atoms with E-state index in [2.05, 4.69) is 15.5 Å². The molecule has 0 aliphatic rings. The largest absolute Gasteiger partial charge is 0.463 e. The van der Waals surface area contributed by atoms with Gasteiger partial charge in [-0.25, -0.2) is 10.8 Å². The van der Waals surface area contributed by atoms with Gasteiger partial charge in [0.25, 0.3) is 0 Å². The van der Waals surface area contributed by atoms with Gasteiger partial charge in [0.05, 0.1) is 12.0 Å². The molecule has 0 unspecified atom stereocenters. The number of furan rings is 1. The summed E-state index contributed by atoms with van der Waals surface area (Å²) in [5, 5.41) is 4.48. The third-order valence-electron chi connectivity index (χ3n) is 3.42. The van der Waals surface area contributed by atoms with Gasteiger partial charge in [0.2, 0.25) is 0 Å². The predicted octanol–water partition coefficient (Wildman–Crippen LogP) is 2.94. The Bertz CT molecular complexity index is 913. The molecule has 0 saturated heterocycles. The standard InChI is InChI=1S/C16H13N5O/c17-19-16-9-12(11-5-2-1-3-6-11)18-15-10-13(20-21(15)16)14-7-4-8-22-14/h1-10,19H,17H2. The average molecular weight is 291 g/mol. The zero-order chi connectivity index (χ0) is 14.9. The monoisotopic (exact) mass is 291 g/mol. The van der Waals surface area contributed by atoms with E-state index >= 15 is 0 Å². The summed E-state index contributed by atoms with van der Waals surface area (Å²) < 4.78 is 7.04. The fraction of sp³-hybridized carbons (Fsp3) is 0. The summed E-state index contributed by atoms with van der Waals surface area (Å²) in [5.74, 6) is 6.97. The van der Waals surface area contributed by atoms with Crippen molar-refractivity contribution in [1.29, 1.82) is 0 Å². The maximum Gasteiger partial charge on any atom is 0.158 e. The van der Waals surface area contributed by atoms with Crippen molar-refractivity contribution in [3.63, 3.8) is 0 Å². The number of rotatable bonds is 3. The number of nitrogen functional groups attached to an aromatic ring is 1. The lowest BCUT2D eigenvalue weighted by Crippen LogP contribution is -2.12. The van der Waals surface area contributed by atoms with Gasteiger partial charge in [0.1, 0.15) is 11.5 Å². The number of aromatic nitrogens is 3. The van der Waals surface area contributed by atoms with Crippen molar-refractivity contribution in [2.24, 2.45) is 5.84 Å². The van der Waals surface area contributed by atoms with Crippen molar-refractivity contribution < 1.29 is 4.42 Å². The molecular weight excluding hydrogens is 278 g/mol. The number of anilines is 1. The first-order valence-corrected chi connectivity index (χ1v) is 6.82. The van der Waals surface area contributed by atoms with Crippen LogP contribution in [-0.2, 0) is 0 Å². The van der Waals surface area contributed by atoms with Crippen LogP contribution in [0.4, 0.5) is 5.82 Å². The van der Waals surface area contributed by atoms with Crippen LogP contribution in [0.1, 0.15) is 0 Å². The topological polar surface area (TPSA) is 81.4 Å². The van der Waals surface area contributed by atoms with Gasteiger partial charge in [-0.15, -0.1) is 0 Å². The lowest BCUT2D eigenvalue weighted by molar-refractivity contribution is 0.579. The Hall–Kier alpha value is -3.12. The summed E-state index contributed by atoms with van der Waals surface area (Å²) in [6.45, 7) is 0. The second-order valence-corrected chi connectivity index (χ2v) is 4.81. The van der Waals surface area contributed by atoms with Crippen molar-refractivity contribution in [2.75, 3.05) is 5.43 Å². The molecule has 0 aliphatic heterocycles. The molecule has 22 heavy (non-hydrogen) atoms. The molecule has 4 rings (SSSR count). The minimum Gasteiger partial charge on any atom is -0.463 e. The number of benzene rings is 1. The smallest absolute Gasteiger partial charge is 0.158 e. The van der Waals surface area contributed by atoms with Crippen LogP contribution in [0.25, 0.3) is 28.4 Å². The van der Waals surface area contributed by atoms with E-state index in [1.165, 1.54) is 0 Å². The van der Waals surface area contributed by atoms with Crippen LogP contribution >= 0.6 is 0 Å².